The second-order valence-electron chi connectivity index (χ2n) is 4.17. The number of non-ortho nitro benzene ring substituents is 1. The van der Waals surface area contributed by atoms with E-state index in [1.54, 1.807) is 0 Å². The van der Waals surface area contributed by atoms with E-state index in [4.69, 9.17) is 5.11 Å². The van der Waals surface area contributed by atoms with E-state index in [-0.39, 0.29) is 24.3 Å². The van der Waals surface area contributed by atoms with Crippen molar-refractivity contribution < 1.29 is 19.6 Å². The Bertz CT molecular complexity index is 568. The van der Waals surface area contributed by atoms with Crippen LogP contribution in [-0.4, -0.2) is 39.9 Å². The molecule has 0 atom stereocenters. The average molecular weight is 329 g/mol. The van der Waals surface area contributed by atoms with Gasteiger partial charge >= 0.3 is 5.97 Å². The number of halogens is 1. The number of amides is 1. The summed E-state index contributed by atoms with van der Waals surface area (Å²) in [6, 6.07) is 3.90. The van der Waals surface area contributed by atoms with Gasteiger partial charge in [0.2, 0.25) is 0 Å². The lowest BCUT2D eigenvalue weighted by molar-refractivity contribution is -0.384. The third-order valence-electron chi connectivity index (χ3n) is 2.91. The molecule has 0 aliphatic carbocycles. The molecule has 1 saturated heterocycles. The number of carboxylic acids is 1. The van der Waals surface area contributed by atoms with Crippen molar-refractivity contribution in [2.24, 2.45) is 5.92 Å². The van der Waals surface area contributed by atoms with Gasteiger partial charge in [-0.3, -0.25) is 19.7 Å². The summed E-state index contributed by atoms with van der Waals surface area (Å²) in [4.78, 5) is 34.2. The van der Waals surface area contributed by atoms with Crippen LogP contribution in [0.2, 0.25) is 0 Å². The van der Waals surface area contributed by atoms with E-state index in [0.29, 0.717) is 4.47 Å². The SMILES string of the molecule is O=C(O)C1CN(C(=O)c2cc([N+](=O)[O-])ccc2Br)C1. The first-order chi connectivity index (χ1) is 8.90. The molecule has 1 N–H and O–H groups in total. The van der Waals surface area contributed by atoms with Crippen LogP contribution in [0.25, 0.3) is 0 Å². The van der Waals surface area contributed by atoms with Gasteiger partial charge in [0.15, 0.2) is 0 Å². The number of carbonyl (C=O) groups excluding carboxylic acids is 1. The van der Waals surface area contributed by atoms with Crippen molar-refractivity contribution in [1.82, 2.24) is 4.90 Å². The van der Waals surface area contributed by atoms with Crippen LogP contribution in [0.15, 0.2) is 22.7 Å². The number of nitrogens with zero attached hydrogens (tertiary/aromatic N) is 2. The molecule has 1 heterocycles. The maximum absolute atomic E-state index is 12.1. The molecule has 8 heteroatoms. The first-order valence-corrected chi connectivity index (χ1v) is 6.15. The topological polar surface area (TPSA) is 101 Å². The van der Waals surface area contributed by atoms with Gasteiger partial charge in [0.05, 0.1) is 16.4 Å². The Morgan fingerprint density at radius 3 is 2.58 bits per heavy atom. The first-order valence-electron chi connectivity index (χ1n) is 5.36. The molecule has 0 bridgehead atoms. The summed E-state index contributed by atoms with van der Waals surface area (Å²) in [6.45, 7) is 0.257. The van der Waals surface area contributed by atoms with Crippen LogP contribution in [0.3, 0.4) is 0 Å². The van der Waals surface area contributed by atoms with E-state index in [2.05, 4.69) is 15.9 Å². The Hall–Kier alpha value is -1.96. The monoisotopic (exact) mass is 328 g/mol. The third-order valence-corrected chi connectivity index (χ3v) is 3.60. The summed E-state index contributed by atoms with van der Waals surface area (Å²) in [5, 5.41) is 19.4. The van der Waals surface area contributed by atoms with Crippen LogP contribution in [0.1, 0.15) is 10.4 Å². The van der Waals surface area contributed by atoms with Gasteiger partial charge in [0.1, 0.15) is 0 Å². The van der Waals surface area contributed by atoms with E-state index in [1.165, 1.54) is 23.1 Å². The second-order valence-corrected chi connectivity index (χ2v) is 5.02. The number of rotatable bonds is 3. The molecule has 1 fully saturated rings. The van der Waals surface area contributed by atoms with Crippen molar-refractivity contribution in [1.29, 1.82) is 0 Å². The summed E-state index contributed by atoms with van der Waals surface area (Å²) in [6.07, 6.45) is 0. The minimum atomic E-state index is -0.942. The Kier molecular flexibility index (Phi) is 3.52. The number of nitro benzene ring substituents is 1. The predicted molar refractivity (Wildman–Crippen MR) is 67.8 cm³/mol. The highest BCUT2D eigenvalue weighted by atomic mass is 79.9. The molecular formula is C11H9BrN2O5. The number of aliphatic carboxylic acids is 1. The molecule has 7 nitrogen and oxygen atoms in total. The molecule has 1 aromatic carbocycles. The Labute approximate surface area is 116 Å². The van der Waals surface area contributed by atoms with Crippen molar-refractivity contribution in [2.45, 2.75) is 0 Å². The normalized spacial score (nSPS) is 14.9. The van der Waals surface area contributed by atoms with Crippen LogP contribution in [0.4, 0.5) is 5.69 Å². The van der Waals surface area contributed by atoms with E-state index in [9.17, 15) is 19.7 Å². The molecule has 0 unspecified atom stereocenters. The largest absolute Gasteiger partial charge is 0.481 e. The maximum atomic E-state index is 12.1. The van der Waals surface area contributed by atoms with Crippen LogP contribution < -0.4 is 0 Å². The molecule has 100 valence electrons. The van der Waals surface area contributed by atoms with Gasteiger partial charge in [-0.2, -0.15) is 0 Å². The second kappa shape index (κ2) is 4.96. The lowest BCUT2D eigenvalue weighted by Gasteiger charge is -2.36. The van der Waals surface area contributed by atoms with Crippen molar-refractivity contribution in [2.75, 3.05) is 13.1 Å². The van der Waals surface area contributed by atoms with Crippen LogP contribution in [-0.2, 0) is 4.79 Å². The zero-order valence-corrected chi connectivity index (χ0v) is 11.2. The fraction of sp³-hybridized carbons (Fsp3) is 0.273. The Morgan fingerprint density at radius 1 is 1.42 bits per heavy atom. The third kappa shape index (κ3) is 2.58. The number of nitro groups is 1. The van der Waals surface area contributed by atoms with E-state index in [1.807, 2.05) is 0 Å². The smallest absolute Gasteiger partial charge is 0.310 e. The number of hydrogen-bond donors (Lipinski definition) is 1. The highest BCUT2D eigenvalue weighted by Crippen LogP contribution is 2.26. The van der Waals surface area contributed by atoms with Gasteiger partial charge in [-0.25, -0.2) is 0 Å². The van der Waals surface area contributed by atoms with E-state index < -0.39 is 22.7 Å². The highest BCUT2D eigenvalue weighted by Gasteiger charge is 2.36. The summed E-state index contributed by atoms with van der Waals surface area (Å²) >= 11 is 3.16. The lowest BCUT2D eigenvalue weighted by Crippen LogP contribution is -2.53. The fourth-order valence-corrected chi connectivity index (χ4v) is 2.18. The number of carbonyl (C=O) groups is 2. The van der Waals surface area contributed by atoms with Gasteiger partial charge in [-0.05, 0) is 22.0 Å². The Morgan fingerprint density at radius 2 is 2.05 bits per heavy atom. The van der Waals surface area contributed by atoms with E-state index >= 15 is 0 Å². The lowest BCUT2D eigenvalue weighted by atomic mass is 9.99. The summed E-state index contributed by atoms with van der Waals surface area (Å²) in [5.74, 6) is -1.91. The molecule has 1 aromatic rings. The summed E-state index contributed by atoms with van der Waals surface area (Å²) in [7, 11) is 0. The van der Waals surface area contributed by atoms with Gasteiger partial charge in [-0.1, -0.05) is 0 Å². The minimum Gasteiger partial charge on any atom is -0.481 e. The van der Waals surface area contributed by atoms with Crippen molar-refractivity contribution in [3.63, 3.8) is 0 Å². The van der Waals surface area contributed by atoms with Crippen LogP contribution >= 0.6 is 15.9 Å². The molecule has 0 saturated carbocycles. The van der Waals surface area contributed by atoms with Gasteiger partial charge < -0.3 is 10.0 Å². The van der Waals surface area contributed by atoms with Crippen molar-refractivity contribution in [3.05, 3.63) is 38.3 Å². The summed E-state index contributed by atoms with van der Waals surface area (Å²) < 4.78 is 0.446. The van der Waals surface area contributed by atoms with Crippen LogP contribution in [0.5, 0.6) is 0 Å². The van der Waals surface area contributed by atoms with Gasteiger partial charge in [0, 0.05) is 29.7 Å². The van der Waals surface area contributed by atoms with Gasteiger partial charge in [-0.15, -0.1) is 0 Å². The maximum Gasteiger partial charge on any atom is 0.310 e. The quantitative estimate of drug-likeness (QED) is 0.669. The van der Waals surface area contributed by atoms with E-state index in [0.717, 1.165) is 0 Å². The zero-order valence-electron chi connectivity index (χ0n) is 9.58. The predicted octanol–water partition coefficient (Wildman–Crippen LogP) is 1.51. The van der Waals surface area contributed by atoms with Crippen molar-refractivity contribution >= 4 is 33.5 Å². The molecule has 0 aromatic heterocycles. The number of likely N-dealkylation sites (tertiary alicyclic amines) is 1. The molecular weight excluding hydrogens is 320 g/mol. The molecule has 0 spiro atoms. The number of benzene rings is 1. The standard InChI is InChI=1S/C11H9BrN2O5/c12-9-2-1-7(14(18)19)3-8(9)10(15)13-4-6(5-13)11(16)17/h1-3,6H,4-5H2,(H,16,17). The molecule has 1 aliphatic rings. The van der Waals surface area contributed by atoms with Crippen LogP contribution in [0, 0.1) is 16.0 Å². The number of carboxylic acid groups (broad SMARTS) is 1. The summed E-state index contributed by atoms with van der Waals surface area (Å²) in [5.41, 5.74) is -0.0140. The van der Waals surface area contributed by atoms with Gasteiger partial charge in [0.25, 0.3) is 11.6 Å². The first kappa shape index (κ1) is 13.5. The molecule has 0 radical (unpaired) electrons. The van der Waals surface area contributed by atoms with Crippen molar-refractivity contribution in [3.8, 4) is 0 Å². The average Bonchev–Trinajstić information content (AvgIpc) is 2.26. The fourth-order valence-electron chi connectivity index (χ4n) is 1.76. The Balaban J connectivity index is 2.18. The molecule has 19 heavy (non-hydrogen) atoms. The number of hydrogen-bond acceptors (Lipinski definition) is 4. The minimum absolute atomic E-state index is 0.128. The molecule has 1 aliphatic heterocycles. The molecule has 2 rings (SSSR count). The molecule has 1 amide bonds. The zero-order chi connectivity index (χ0) is 14.2. The highest BCUT2D eigenvalue weighted by molar-refractivity contribution is 9.10.